The summed E-state index contributed by atoms with van der Waals surface area (Å²) in [5.41, 5.74) is 0.00616. The van der Waals surface area contributed by atoms with Crippen LogP contribution in [0, 0.1) is 0 Å². The quantitative estimate of drug-likeness (QED) is 0.663. The zero-order valence-electron chi connectivity index (χ0n) is 16.4. The average molecular weight is 390 g/mol. The molecule has 0 bridgehead atoms. The Kier molecular flexibility index (Phi) is 7.37. The molecule has 2 unspecified atom stereocenters. The Hall–Kier alpha value is -1.50. The van der Waals surface area contributed by atoms with Crippen molar-refractivity contribution in [1.29, 1.82) is 0 Å². The van der Waals surface area contributed by atoms with Crippen molar-refractivity contribution in [3.63, 3.8) is 0 Å². The first-order valence-electron chi connectivity index (χ1n) is 9.68. The van der Waals surface area contributed by atoms with Crippen molar-refractivity contribution in [3.05, 3.63) is 23.8 Å². The fraction of sp³-hybridized carbons (Fsp3) is 0.700. The molecule has 1 aliphatic heterocycles. The van der Waals surface area contributed by atoms with E-state index in [0.29, 0.717) is 18.3 Å². The first-order valence-corrected chi connectivity index (χ1v) is 9.68. The normalized spacial score (nSPS) is 24.3. The Balaban J connectivity index is 0.00000126. The van der Waals surface area contributed by atoms with Crippen LogP contribution in [0.3, 0.4) is 0 Å². The lowest BCUT2D eigenvalue weighted by molar-refractivity contribution is -0.0519. The Morgan fingerprint density at radius 1 is 1.11 bits per heavy atom. The number of halogens is 4. The SMILES string of the molecule is CC.CC1(C)CN(c2ccc(OC(F)F)c(C(F)F)c2)C2CCCCC2N1. The second-order valence-corrected chi connectivity index (χ2v) is 7.52. The molecule has 3 nitrogen and oxygen atoms in total. The Bertz CT molecular complexity index is 610. The average Bonchev–Trinajstić information content (AvgIpc) is 2.61. The molecule has 2 fully saturated rings. The summed E-state index contributed by atoms with van der Waals surface area (Å²) in [6.07, 6.45) is 1.44. The number of hydrogen-bond acceptors (Lipinski definition) is 3. The van der Waals surface area contributed by atoms with E-state index in [1.54, 1.807) is 6.07 Å². The van der Waals surface area contributed by atoms with Gasteiger partial charge in [0.25, 0.3) is 6.43 Å². The first-order chi connectivity index (χ1) is 12.8. The van der Waals surface area contributed by atoms with Crippen molar-refractivity contribution < 1.29 is 22.3 Å². The summed E-state index contributed by atoms with van der Waals surface area (Å²) < 4.78 is 55.9. The Labute approximate surface area is 159 Å². The summed E-state index contributed by atoms with van der Waals surface area (Å²) in [6, 6.07) is 4.68. The van der Waals surface area contributed by atoms with Crippen molar-refractivity contribution in [2.75, 3.05) is 11.4 Å². The van der Waals surface area contributed by atoms with Crippen LogP contribution in [0.25, 0.3) is 0 Å². The van der Waals surface area contributed by atoms with Gasteiger partial charge in [0.05, 0.1) is 5.56 Å². The van der Waals surface area contributed by atoms with E-state index in [4.69, 9.17) is 0 Å². The molecule has 1 aromatic carbocycles. The van der Waals surface area contributed by atoms with Crippen LogP contribution >= 0.6 is 0 Å². The third kappa shape index (κ3) is 5.27. The summed E-state index contributed by atoms with van der Waals surface area (Å²) in [5.74, 6) is -0.455. The number of ether oxygens (including phenoxy) is 1. The van der Waals surface area contributed by atoms with Crippen molar-refractivity contribution in [2.45, 2.75) is 84.0 Å². The van der Waals surface area contributed by atoms with E-state index >= 15 is 0 Å². The van der Waals surface area contributed by atoms with Gasteiger partial charge in [-0.15, -0.1) is 0 Å². The second kappa shape index (κ2) is 9.13. The highest BCUT2D eigenvalue weighted by Gasteiger charge is 2.40. The van der Waals surface area contributed by atoms with Gasteiger partial charge in [-0.1, -0.05) is 26.7 Å². The molecule has 1 aromatic rings. The number of hydrogen-bond donors (Lipinski definition) is 1. The summed E-state index contributed by atoms with van der Waals surface area (Å²) in [7, 11) is 0. The van der Waals surface area contributed by atoms with E-state index in [1.807, 2.05) is 13.8 Å². The van der Waals surface area contributed by atoms with Gasteiger partial charge in [0.1, 0.15) is 5.75 Å². The summed E-state index contributed by atoms with van der Waals surface area (Å²) in [4.78, 5) is 2.15. The summed E-state index contributed by atoms with van der Waals surface area (Å²) in [6.45, 7) is 5.73. The van der Waals surface area contributed by atoms with Crippen LogP contribution in [0.4, 0.5) is 23.2 Å². The van der Waals surface area contributed by atoms with Crippen molar-refractivity contribution in [2.24, 2.45) is 0 Å². The maximum absolute atomic E-state index is 13.4. The van der Waals surface area contributed by atoms with Gasteiger partial charge in [-0.05, 0) is 44.9 Å². The standard InChI is InChI=1S/C18H24F4N2O.C2H6/c1-18(2)10-24(14-6-4-3-5-13(14)23-18)11-7-8-15(25-17(21)22)12(9-11)16(19)20;1-2/h7-9,13-14,16-17,23H,3-6,10H2,1-2H3;1-2H3. The minimum atomic E-state index is -3.12. The molecule has 2 aliphatic rings. The van der Waals surface area contributed by atoms with Gasteiger partial charge in [-0.3, -0.25) is 0 Å². The minimum Gasteiger partial charge on any atom is -0.434 e. The highest BCUT2D eigenvalue weighted by molar-refractivity contribution is 5.55. The highest BCUT2D eigenvalue weighted by atomic mass is 19.3. The monoisotopic (exact) mass is 390 g/mol. The van der Waals surface area contributed by atoms with Crippen LogP contribution in [0.1, 0.15) is 65.4 Å². The molecule has 2 atom stereocenters. The molecule has 7 heteroatoms. The number of nitrogens with one attached hydrogen (secondary N) is 1. The predicted molar refractivity (Wildman–Crippen MR) is 100.0 cm³/mol. The largest absolute Gasteiger partial charge is 0.434 e. The van der Waals surface area contributed by atoms with Crippen LogP contribution in [0.5, 0.6) is 5.75 Å². The van der Waals surface area contributed by atoms with E-state index in [1.165, 1.54) is 12.1 Å². The molecule has 1 heterocycles. The molecular formula is C20H30F4N2O. The lowest BCUT2D eigenvalue weighted by Gasteiger charge is -2.52. The van der Waals surface area contributed by atoms with E-state index in [2.05, 4.69) is 28.8 Å². The van der Waals surface area contributed by atoms with Crippen LogP contribution < -0.4 is 15.0 Å². The molecule has 0 aromatic heterocycles. The number of rotatable bonds is 4. The van der Waals surface area contributed by atoms with Crippen LogP contribution in [0.2, 0.25) is 0 Å². The van der Waals surface area contributed by atoms with Gasteiger partial charge in [-0.25, -0.2) is 8.78 Å². The highest BCUT2D eigenvalue weighted by Crippen LogP contribution is 2.38. The fourth-order valence-electron chi connectivity index (χ4n) is 4.11. The zero-order valence-corrected chi connectivity index (χ0v) is 16.4. The number of alkyl halides is 4. The van der Waals surface area contributed by atoms with Crippen LogP contribution in [0.15, 0.2) is 18.2 Å². The molecule has 1 saturated carbocycles. The number of benzene rings is 1. The maximum atomic E-state index is 13.4. The number of nitrogens with zero attached hydrogens (tertiary/aromatic N) is 1. The lowest BCUT2D eigenvalue weighted by atomic mass is 9.83. The zero-order chi connectivity index (χ0) is 20.2. The van der Waals surface area contributed by atoms with Crippen molar-refractivity contribution in [3.8, 4) is 5.75 Å². The molecule has 154 valence electrons. The Morgan fingerprint density at radius 2 is 1.78 bits per heavy atom. The maximum Gasteiger partial charge on any atom is 0.387 e. The third-order valence-corrected chi connectivity index (χ3v) is 5.05. The second-order valence-electron chi connectivity index (χ2n) is 7.52. The molecule has 27 heavy (non-hydrogen) atoms. The number of fused-ring (bicyclic) bond motifs is 1. The number of anilines is 1. The van der Waals surface area contributed by atoms with Gasteiger partial charge in [0.2, 0.25) is 0 Å². The smallest absolute Gasteiger partial charge is 0.387 e. The minimum absolute atomic E-state index is 0.151. The summed E-state index contributed by atoms with van der Waals surface area (Å²) >= 11 is 0. The lowest BCUT2D eigenvalue weighted by Crippen LogP contribution is -2.67. The van der Waals surface area contributed by atoms with Crippen molar-refractivity contribution >= 4 is 5.69 Å². The van der Waals surface area contributed by atoms with Crippen LogP contribution in [-0.4, -0.2) is 30.8 Å². The van der Waals surface area contributed by atoms with Gasteiger partial charge in [-0.2, -0.15) is 8.78 Å². The first kappa shape index (κ1) is 21.8. The number of piperazine rings is 1. The molecule has 0 radical (unpaired) electrons. The van der Waals surface area contributed by atoms with E-state index in [9.17, 15) is 17.6 Å². The van der Waals surface area contributed by atoms with Gasteiger partial charge in [0.15, 0.2) is 0 Å². The third-order valence-electron chi connectivity index (χ3n) is 5.05. The Morgan fingerprint density at radius 3 is 2.41 bits per heavy atom. The fourth-order valence-corrected chi connectivity index (χ4v) is 4.11. The van der Waals surface area contributed by atoms with E-state index < -0.39 is 24.3 Å². The predicted octanol–water partition coefficient (Wildman–Crippen LogP) is 5.75. The molecule has 0 amide bonds. The van der Waals surface area contributed by atoms with Gasteiger partial charge < -0.3 is 15.0 Å². The van der Waals surface area contributed by atoms with E-state index in [0.717, 1.165) is 25.7 Å². The van der Waals surface area contributed by atoms with Gasteiger partial charge >= 0.3 is 6.61 Å². The van der Waals surface area contributed by atoms with Crippen molar-refractivity contribution in [1.82, 2.24) is 5.32 Å². The summed E-state index contributed by atoms with van der Waals surface area (Å²) in [5, 5.41) is 3.66. The molecule has 3 rings (SSSR count). The molecule has 1 saturated heterocycles. The topological polar surface area (TPSA) is 24.5 Å². The van der Waals surface area contributed by atoms with Gasteiger partial charge in [0, 0.05) is 29.9 Å². The molecule has 1 aliphatic carbocycles. The van der Waals surface area contributed by atoms with E-state index in [-0.39, 0.29) is 11.6 Å². The molecular weight excluding hydrogens is 360 g/mol. The molecule has 0 spiro atoms. The molecule has 1 N–H and O–H groups in total. The van der Waals surface area contributed by atoms with Crippen LogP contribution in [-0.2, 0) is 0 Å².